The third-order valence-corrected chi connectivity index (χ3v) is 5.02. The second-order valence-electron chi connectivity index (χ2n) is 4.76. The Kier molecular flexibility index (Phi) is 3.79. The van der Waals surface area contributed by atoms with Gasteiger partial charge in [-0.05, 0) is 39.7 Å². The van der Waals surface area contributed by atoms with Crippen LogP contribution < -0.4 is 15.4 Å². The van der Waals surface area contributed by atoms with Crippen LogP contribution in [0.15, 0.2) is 46.9 Å². The summed E-state index contributed by atoms with van der Waals surface area (Å²) >= 11 is 3.34. The lowest BCUT2D eigenvalue weighted by Gasteiger charge is -2.11. The smallest absolute Gasteiger partial charge is 0.307 e. The molecular weight excluding hydrogens is 370 g/mol. The Morgan fingerprint density at radius 1 is 1.05 bits per heavy atom. The fourth-order valence-corrected chi connectivity index (χ4v) is 3.84. The molecule has 0 fully saturated rings. The first-order chi connectivity index (χ1) is 10.4. The van der Waals surface area contributed by atoms with Crippen LogP contribution in [0.2, 0.25) is 0 Å². The minimum Gasteiger partial charge on any atom is -0.307 e. The molecule has 0 bridgehead atoms. The van der Waals surface area contributed by atoms with E-state index in [9.17, 15) is 13.2 Å². The number of rotatable bonds is 2. The van der Waals surface area contributed by atoms with Crippen molar-refractivity contribution in [3.8, 4) is 0 Å². The monoisotopic (exact) mass is 381 g/mol. The lowest BCUT2D eigenvalue weighted by molar-refractivity contribution is 0.262. The van der Waals surface area contributed by atoms with E-state index in [0.29, 0.717) is 22.6 Å². The molecule has 0 radical (unpaired) electrons. The van der Waals surface area contributed by atoms with Gasteiger partial charge in [0, 0.05) is 4.47 Å². The van der Waals surface area contributed by atoms with E-state index in [-0.39, 0.29) is 5.75 Å². The molecule has 3 rings (SSSR count). The number of hydrogen-bond acceptors (Lipinski definition) is 3. The predicted octanol–water partition coefficient (Wildman–Crippen LogP) is 3.35. The Bertz CT molecular complexity index is 852. The van der Waals surface area contributed by atoms with Gasteiger partial charge in [-0.25, -0.2) is 13.2 Å². The second-order valence-corrected chi connectivity index (χ2v) is 7.34. The fraction of sp³-hybridized carbons (Fsp3) is 0.0714. The molecule has 0 spiro atoms. The number of para-hydroxylation sites is 2. The van der Waals surface area contributed by atoms with Crippen molar-refractivity contribution in [1.29, 1.82) is 0 Å². The summed E-state index contributed by atoms with van der Waals surface area (Å²) in [6, 6.07) is 11.8. The first-order valence-electron chi connectivity index (χ1n) is 6.39. The highest BCUT2D eigenvalue weighted by Gasteiger charge is 2.26. The van der Waals surface area contributed by atoms with Gasteiger partial charge in [-0.2, -0.15) is 0 Å². The zero-order valence-corrected chi connectivity index (χ0v) is 13.7. The van der Waals surface area contributed by atoms with Crippen molar-refractivity contribution in [1.82, 2.24) is 0 Å². The highest BCUT2D eigenvalue weighted by Crippen LogP contribution is 2.34. The van der Waals surface area contributed by atoms with E-state index in [1.807, 2.05) is 12.1 Å². The van der Waals surface area contributed by atoms with Crippen LogP contribution in [0.5, 0.6) is 0 Å². The number of carbonyl (C=O) groups excluding carboxylic acids is 1. The molecule has 1 aliphatic heterocycles. The van der Waals surface area contributed by atoms with Crippen LogP contribution in [0.4, 0.5) is 21.9 Å². The van der Waals surface area contributed by atoms with E-state index in [2.05, 4.69) is 31.3 Å². The maximum atomic E-state index is 12.1. The molecule has 22 heavy (non-hydrogen) atoms. The zero-order chi connectivity index (χ0) is 15.7. The third-order valence-electron chi connectivity index (χ3n) is 3.12. The van der Waals surface area contributed by atoms with Crippen LogP contribution in [0, 0.1) is 0 Å². The summed E-state index contributed by atoms with van der Waals surface area (Å²) in [7, 11) is -3.36. The Morgan fingerprint density at radius 2 is 1.73 bits per heavy atom. The van der Waals surface area contributed by atoms with E-state index in [0.717, 1.165) is 4.47 Å². The van der Waals surface area contributed by atoms with Gasteiger partial charge in [-0.3, -0.25) is 4.72 Å². The lowest BCUT2D eigenvalue weighted by Crippen LogP contribution is -2.20. The molecule has 0 saturated carbocycles. The number of amides is 2. The molecule has 8 heteroatoms. The van der Waals surface area contributed by atoms with E-state index in [1.54, 1.807) is 30.3 Å². The molecule has 6 nitrogen and oxygen atoms in total. The van der Waals surface area contributed by atoms with E-state index in [1.165, 1.54) is 0 Å². The lowest BCUT2D eigenvalue weighted by atomic mass is 10.2. The SMILES string of the molecule is O=C(Nc1ccccc1Br)Nc1cccc2c1NS(=O)(=O)C2. The van der Waals surface area contributed by atoms with Crippen LogP contribution in [0.1, 0.15) is 5.56 Å². The standard InChI is InChI=1S/C14H12BrN3O3S/c15-10-5-1-2-6-11(10)16-14(19)17-12-7-3-4-9-8-22(20,21)18-13(9)12/h1-7,18H,8H2,(H2,16,17,19). The summed E-state index contributed by atoms with van der Waals surface area (Å²) < 4.78 is 26.4. The molecule has 0 saturated heterocycles. The molecule has 2 aromatic rings. The zero-order valence-electron chi connectivity index (χ0n) is 11.3. The van der Waals surface area contributed by atoms with E-state index >= 15 is 0 Å². The van der Waals surface area contributed by atoms with Crippen LogP contribution in [-0.2, 0) is 15.8 Å². The van der Waals surface area contributed by atoms with Gasteiger partial charge >= 0.3 is 6.03 Å². The number of anilines is 3. The minimum absolute atomic E-state index is 0.0797. The number of carbonyl (C=O) groups is 1. The molecule has 2 amide bonds. The van der Waals surface area contributed by atoms with Gasteiger partial charge in [-0.1, -0.05) is 24.3 Å². The molecule has 0 unspecified atom stereocenters. The van der Waals surface area contributed by atoms with Gasteiger partial charge in [0.2, 0.25) is 10.0 Å². The highest BCUT2D eigenvalue weighted by molar-refractivity contribution is 9.10. The molecule has 3 N–H and O–H groups in total. The van der Waals surface area contributed by atoms with Gasteiger partial charge in [0.15, 0.2) is 0 Å². The topological polar surface area (TPSA) is 87.3 Å². The van der Waals surface area contributed by atoms with Crippen molar-refractivity contribution >= 4 is 49.0 Å². The fourth-order valence-electron chi connectivity index (χ4n) is 2.18. The average Bonchev–Trinajstić information content (AvgIpc) is 2.76. The van der Waals surface area contributed by atoms with Crippen LogP contribution in [0.25, 0.3) is 0 Å². The number of urea groups is 1. The maximum absolute atomic E-state index is 12.1. The Labute approximate surface area is 136 Å². The summed E-state index contributed by atoms with van der Waals surface area (Å²) in [5.74, 6) is -0.0797. The molecule has 114 valence electrons. The van der Waals surface area contributed by atoms with Crippen LogP contribution >= 0.6 is 15.9 Å². The number of hydrogen-bond donors (Lipinski definition) is 3. The maximum Gasteiger partial charge on any atom is 0.323 e. The molecule has 1 heterocycles. The van der Waals surface area contributed by atoms with Gasteiger partial charge in [0.25, 0.3) is 0 Å². The number of benzene rings is 2. The minimum atomic E-state index is -3.36. The molecule has 0 aromatic heterocycles. The van der Waals surface area contributed by atoms with Crippen LogP contribution in [-0.4, -0.2) is 14.4 Å². The average molecular weight is 382 g/mol. The second kappa shape index (κ2) is 5.62. The third kappa shape index (κ3) is 3.07. The van der Waals surface area contributed by atoms with Crippen molar-refractivity contribution in [3.63, 3.8) is 0 Å². The Hall–Kier alpha value is -2.06. The molecular formula is C14H12BrN3O3S. The van der Waals surface area contributed by atoms with Crippen LogP contribution in [0.3, 0.4) is 0 Å². The summed E-state index contributed by atoms with van der Waals surface area (Å²) in [5, 5.41) is 5.35. The van der Waals surface area contributed by atoms with Gasteiger partial charge < -0.3 is 10.6 Å². The first-order valence-corrected chi connectivity index (χ1v) is 8.84. The molecule has 0 aliphatic carbocycles. The quantitative estimate of drug-likeness (QED) is 0.745. The van der Waals surface area contributed by atoms with E-state index in [4.69, 9.17) is 0 Å². The van der Waals surface area contributed by atoms with Crippen molar-refractivity contribution < 1.29 is 13.2 Å². The Morgan fingerprint density at radius 3 is 2.50 bits per heavy atom. The predicted molar refractivity (Wildman–Crippen MR) is 89.5 cm³/mol. The summed E-state index contributed by atoms with van der Waals surface area (Å²) in [6.07, 6.45) is 0. The number of sulfonamides is 1. The van der Waals surface area contributed by atoms with E-state index < -0.39 is 16.1 Å². The van der Waals surface area contributed by atoms with Gasteiger partial charge in [-0.15, -0.1) is 0 Å². The van der Waals surface area contributed by atoms with Crippen molar-refractivity contribution in [3.05, 3.63) is 52.5 Å². The number of fused-ring (bicyclic) bond motifs is 1. The largest absolute Gasteiger partial charge is 0.323 e. The summed E-state index contributed by atoms with van der Waals surface area (Å²) in [6.45, 7) is 0. The van der Waals surface area contributed by atoms with Crippen molar-refractivity contribution in [2.24, 2.45) is 0 Å². The number of halogens is 1. The summed E-state index contributed by atoms with van der Waals surface area (Å²) in [5.41, 5.74) is 2.10. The summed E-state index contributed by atoms with van der Waals surface area (Å²) in [4.78, 5) is 12.1. The van der Waals surface area contributed by atoms with Crippen molar-refractivity contribution in [2.75, 3.05) is 15.4 Å². The van der Waals surface area contributed by atoms with Crippen molar-refractivity contribution in [2.45, 2.75) is 5.75 Å². The highest BCUT2D eigenvalue weighted by atomic mass is 79.9. The molecule has 1 aliphatic rings. The molecule has 0 atom stereocenters. The normalized spacial score (nSPS) is 14.8. The molecule has 2 aromatic carbocycles. The van der Waals surface area contributed by atoms with Gasteiger partial charge in [0.1, 0.15) is 0 Å². The number of nitrogens with one attached hydrogen (secondary N) is 3. The van der Waals surface area contributed by atoms with Gasteiger partial charge in [0.05, 0.1) is 22.8 Å². The Balaban J connectivity index is 1.79. The first kappa shape index (κ1) is 14.9.